The zero-order valence-electron chi connectivity index (χ0n) is 8.82. The van der Waals surface area contributed by atoms with Crippen LogP contribution in [0.15, 0.2) is 0 Å². The normalized spacial score (nSPS) is 19.2. The lowest BCUT2D eigenvalue weighted by molar-refractivity contribution is -0.117. The van der Waals surface area contributed by atoms with Gasteiger partial charge in [0.25, 0.3) is 0 Å². The van der Waals surface area contributed by atoms with Crippen LogP contribution in [0.25, 0.3) is 0 Å². The molecule has 0 aromatic carbocycles. The Hall–Kier alpha value is 0.0500. The predicted molar refractivity (Wildman–Crippen MR) is 56.9 cm³/mol. The van der Waals surface area contributed by atoms with E-state index < -0.39 is 31.0 Å². The summed E-state index contributed by atoms with van der Waals surface area (Å²) in [6, 6.07) is 0. The van der Waals surface area contributed by atoms with E-state index in [1.807, 2.05) is 0 Å². The van der Waals surface area contributed by atoms with E-state index in [0.29, 0.717) is 0 Å². The number of aliphatic hydroxyl groups excluding tert-OH is 5. The molecule has 7 heteroatoms. The first-order valence-corrected chi connectivity index (χ1v) is 4.38. The Bertz CT molecular complexity index is 160. The van der Waals surface area contributed by atoms with Crippen LogP contribution < -0.4 is 0 Å². The standard InChI is InChI=1S/C8H19NO5.ClH/c1-9(2)3-5(11)7(13)8(14)6(12)4-10;/h5-8,10-14H,3-4H2,1-2H3;1H. The van der Waals surface area contributed by atoms with E-state index in [9.17, 15) is 15.3 Å². The van der Waals surface area contributed by atoms with Gasteiger partial charge in [0.2, 0.25) is 0 Å². The van der Waals surface area contributed by atoms with Crippen LogP contribution in [0.2, 0.25) is 0 Å². The Kier molecular flexibility index (Phi) is 9.57. The van der Waals surface area contributed by atoms with Crippen molar-refractivity contribution < 1.29 is 25.5 Å². The van der Waals surface area contributed by atoms with E-state index in [0.717, 1.165) is 0 Å². The Morgan fingerprint density at radius 3 is 1.67 bits per heavy atom. The highest BCUT2D eigenvalue weighted by molar-refractivity contribution is 5.85. The summed E-state index contributed by atoms with van der Waals surface area (Å²) < 4.78 is 0. The van der Waals surface area contributed by atoms with Gasteiger partial charge in [-0.25, -0.2) is 0 Å². The molecule has 0 aromatic heterocycles. The second kappa shape index (κ2) is 8.23. The molecule has 0 spiro atoms. The molecule has 6 nitrogen and oxygen atoms in total. The molecule has 0 radical (unpaired) electrons. The van der Waals surface area contributed by atoms with Gasteiger partial charge in [-0.1, -0.05) is 0 Å². The van der Waals surface area contributed by atoms with E-state index in [1.54, 1.807) is 19.0 Å². The number of halogens is 1. The fraction of sp³-hybridized carbons (Fsp3) is 1.00. The molecule has 5 N–H and O–H groups in total. The number of hydrogen-bond acceptors (Lipinski definition) is 6. The molecule has 4 unspecified atom stereocenters. The predicted octanol–water partition coefficient (Wildman–Crippen LogP) is -2.59. The quantitative estimate of drug-likeness (QED) is 0.352. The van der Waals surface area contributed by atoms with Crippen molar-refractivity contribution in [2.75, 3.05) is 27.2 Å². The minimum absolute atomic E-state index is 0. The Morgan fingerprint density at radius 1 is 0.933 bits per heavy atom. The minimum atomic E-state index is -1.55. The van der Waals surface area contributed by atoms with Gasteiger partial charge in [-0.3, -0.25) is 0 Å². The first-order valence-electron chi connectivity index (χ1n) is 4.38. The second-order valence-corrected chi connectivity index (χ2v) is 3.56. The highest BCUT2D eigenvalue weighted by Crippen LogP contribution is 2.05. The summed E-state index contributed by atoms with van der Waals surface area (Å²) in [5.74, 6) is 0. The van der Waals surface area contributed by atoms with Crippen LogP contribution in [0, 0.1) is 0 Å². The van der Waals surface area contributed by atoms with Crippen LogP contribution in [0.3, 0.4) is 0 Å². The first kappa shape index (κ1) is 17.4. The maximum absolute atomic E-state index is 9.36. The first-order chi connectivity index (χ1) is 6.40. The van der Waals surface area contributed by atoms with Crippen LogP contribution in [0.4, 0.5) is 0 Å². The van der Waals surface area contributed by atoms with Crippen molar-refractivity contribution >= 4 is 12.4 Å². The van der Waals surface area contributed by atoms with Crippen molar-refractivity contribution in [3.8, 4) is 0 Å². The summed E-state index contributed by atoms with van der Waals surface area (Å²) in [4.78, 5) is 1.63. The molecular formula is C8H20ClNO5. The van der Waals surface area contributed by atoms with Crippen molar-refractivity contribution in [2.45, 2.75) is 24.4 Å². The number of aliphatic hydroxyl groups is 5. The van der Waals surface area contributed by atoms with E-state index in [2.05, 4.69) is 0 Å². The SMILES string of the molecule is CN(C)CC(O)C(O)C(O)C(O)CO.Cl. The maximum atomic E-state index is 9.36. The third-order valence-electron chi connectivity index (χ3n) is 1.88. The van der Waals surface area contributed by atoms with E-state index in [1.165, 1.54) is 0 Å². The van der Waals surface area contributed by atoms with Crippen molar-refractivity contribution in [2.24, 2.45) is 0 Å². The van der Waals surface area contributed by atoms with Crippen LogP contribution in [0.5, 0.6) is 0 Å². The highest BCUT2D eigenvalue weighted by Gasteiger charge is 2.29. The zero-order valence-corrected chi connectivity index (χ0v) is 9.63. The van der Waals surface area contributed by atoms with Crippen molar-refractivity contribution in [3.63, 3.8) is 0 Å². The van der Waals surface area contributed by atoms with Gasteiger partial charge in [-0.05, 0) is 14.1 Å². The molecule has 0 amide bonds. The summed E-state index contributed by atoms with van der Waals surface area (Å²) in [6.45, 7) is -0.497. The molecule has 0 heterocycles. The average molecular weight is 246 g/mol. The van der Waals surface area contributed by atoms with Gasteiger partial charge in [-0.15, -0.1) is 12.4 Å². The summed E-state index contributed by atoms with van der Waals surface area (Å²) in [5, 5.41) is 45.4. The largest absolute Gasteiger partial charge is 0.394 e. The number of nitrogens with zero attached hydrogens (tertiary/aromatic N) is 1. The number of likely N-dealkylation sites (N-methyl/N-ethyl adjacent to an activating group) is 1. The summed E-state index contributed by atoms with van der Waals surface area (Å²) in [7, 11) is 3.40. The van der Waals surface area contributed by atoms with E-state index in [-0.39, 0.29) is 19.0 Å². The topological polar surface area (TPSA) is 104 Å². The fourth-order valence-corrected chi connectivity index (χ4v) is 1.05. The van der Waals surface area contributed by atoms with Gasteiger partial charge in [0.05, 0.1) is 12.7 Å². The third kappa shape index (κ3) is 6.26. The van der Waals surface area contributed by atoms with Gasteiger partial charge in [0, 0.05) is 6.54 Å². The van der Waals surface area contributed by atoms with E-state index >= 15 is 0 Å². The summed E-state index contributed by atoms with van der Waals surface area (Å²) in [6.07, 6.45) is -5.63. The Balaban J connectivity index is 0. The molecule has 15 heavy (non-hydrogen) atoms. The molecule has 0 aliphatic heterocycles. The van der Waals surface area contributed by atoms with Crippen LogP contribution in [-0.4, -0.2) is 82.1 Å². The monoisotopic (exact) mass is 245 g/mol. The molecule has 0 aliphatic carbocycles. The molecule has 0 saturated heterocycles. The van der Waals surface area contributed by atoms with Crippen LogP contribution in [0.1, 0.15) is 0 Å². The lowest BCUT2D eigenvalue weighted by Gasteiger charge is -2.27. The van der Waals surface area contributed by atoms with Crippen molar-refractivity contribution in [3.05, 3.63) is 0 Å². The molecular weight excluding hydrogens is 226 g/mol. The molecule has 0 aliphatic rings. The third-order valence-corrected chi connectivity index (χ3v) is 1.88. The van der Waals surface area contributed by atoms with Gasteiger partial charge in [0.15, 0.2) is 0 Å². The minimum Gasteiger partial charge on any atom is -0.394 e. The molecule has 0 bridgehead atoms. The number of rotatable bonds is 6. The van der Waals surface area contributed by atoms with Gasteiger partial charge < -0.3 is 30.4 Å². The van der Waals surface area contributed by atoms with E-state index in [4.69, 9.17) is 10.2 Å². The second-order valence-electron chi connectivity index (χ2n) is 3.56. The maximum Gasteiger partial charge on any atom is 0.111 e. The smallest absolute Gasteiger partial charge is 0.111 e. The van der Waals surface area contributed by atoms with Crippen molar-refractivity contribution in [1.82, 2.24) is 4.90 Å². The molecule has 0 fully saturated rings. The highest BCUT2D eigenvalue weighted by atomic mass is 35.5. The molecule has 0 saturated carbocycles. The summed E-state index contributed by atoms with van der Waals surface area (Å²) >= 11 is 0. The molecule has 4 atom stereocenters. The summed E-state index contributed by atoms with van der Waals surface area (Å²) in [5.41, 5.74) is 0. The zero-order chi connectivity index (χ0) is 11.3. The average Bonchev–Trinajstić information content (AvgIpc) is 2.13. The molecule has 0 rings (SSSR count). The lowest BCUT2D eigenvalue weighted by atomic mass is 10.0. The Morgan fingerprint density at radius 2 is 1.33 bits per heavy atom. The van der Waals surface area contributed by atoms with Crippen LogP contribution >= 0.6 is 12.4 Å². The van der Waals surface area contributed by atoms with Gasteiger partial charge >= 0.3 is 0 Å². The lowest BCUT2D eigenvalue weighted by Crippen LogP contribution is -2.48. The van der Waals surface area contributed by atoms with Gasteiger partial charge in [0.1, 0.15) is 18.3 Å². The van der Waals surface area contributed by atoms with Crippen molar-refractivity contribution in [1.29, 1.82) is 0 Å². The van der Waals surface area contributed by atoms with Gasteiger partial charge in [-0.2, -0.15) is 0 Å². The molecule has 94 valence electrons. The van der Waals surface area contributed by atoms with Crippen LogP contribution in [-0.2, 0) is 0 Å². The Labute approximate surface area is 95.2 Å². The number of hydrogen-bond donors (Lipinski definition) is 5. The molecule has 0 aromatic rings. The fourth-order valence-electron chi connectivity index (χ4n) is 1.05.